The highest BCUT2D eigenvalue weighted by atomic mass is 19.2. The summed E-state index contributed by atoms with van der Waals surface area (Å²) < 4.78 is 85.2. The molecule has 0 radical (unpaired) electrons. The molecule has 2 unspecified atom stereocenters. The summed E-state index contributed by atoms with van der Waals surface area (Å²) in [5, 5.41) is 2.27. The van der Waals surface area contributed by atoms with Gasteiger partial charge in [-0.05, 0) is 55.0 Å². The molecule has 3 N–H and O–H groups in total. The number of carbonyl (C=O) groups excluding carboxylic acids is 2. The fraction of sp³-hybridized carbons (Fsp3) is 0.172. The molecule has 2 aromatic carbocycles. The lowest BCUT2D eigenvalue weighted by Gasteiger charge is -2.18. The summed E-state index contributed by atoms with van der Waals surface area (Å²) in [7, 11) is 1.02. The SMILES string of the molecule is COC(=O)C(=O)NC(Cc1c(F)ccc(F)c1F)c1ccccn1.NC(Cc1c(F)ccc(F)c1F)c1ccccn1. The Kier molecular flexibility index (Phi) is 11.1. The van der Waals surface area contributed by atoms with Gasteiger partial charge in [-0.15, -0.1) is 0 Å². The maximum absolute atomic E-state index is 13.9. The number of amides is 1. The van der Waals surface area contributed by atoms with E-state index in [4.69, 9.17) is 5.73 Å². The molecule has 13 heteroatoms. The molecule has 4 rings (SSSR count). The first-order valence-electron chi connectivity index (χ1n) is 12.2. The average Bonchev–Trinajstić information content (AvgIpc) is 3.01. The van der Waals surface area contributed by atoms with Gasteiger partial charge >= 0.3 is 11.9 Å². The number of benzene rings is 2. The minimum absolute atomic E-state index is 0.146. The number of hydrogen-bond acceptors (Lipinski definition) is 6. The third-order valence-corrected chi connectivity index (χ3v) is 5.90. The van der Waals surface area contributed by atoms with Crippen molar-refractivity contribution >= 4 is 11.9 Å². The van der Waals surface area contributed by atoms with Crippen LogP contribution in [0.4, 0.5) is 26.3 Å². The zero-order valence-corrected chi connectivity index (χ0v) is 22.0. The van der Waals surface area contributed by atoms with E-state index in [2.05, 4.69) is 20.0 Å². The van der Waals surface area contributed by atoms with Gasteiger partial charge in [0.25, 0.3) is 0 Å². The summed E-state index contributed by atoms with van der Waals surface area (Å²) in [6.45, 7) is 0. The molecule has 2 atom stereocenters. The Morgan fingerprint density at radius 1 is 0.738 bits per heavy atom. The van der Waals surface area contributed by atoms with Crippen LogP contribution in [-0.4, -0.2) is 29.0 Å². The number of methoxy groups -OCH3 is 1. The first-order chi connectivity index (χ1) is 20.0. The second-order valence-electron chi connectivity index (χ2n) is 8.69. The van der Waals surface area contributed by atoms with Crippen molar-refractivity contribution in [3.8, 4) is 0 Å². The van der Waals surface area contributed by atoms with Crippen molar-refractivity contribution < 1.29 is 40.7 Å². The van der Waals surface area contributed by atoms with Gasteiger partial charge in [0, 0.05) is 29.9 Å². The lowest BCUT2D eigenvalue weighted by Crippen LogP contribution is -2.36. The van der Waals surface area contributed by atoms with Gasteiger partial charge in [-0.25, -0.2) is 31.1 Å². The monoisotopic (exact) mass is 590 g/mol. The third kappa shape index (κ3) is 8.13. The minimum atomic E-state index is -1.36. The Bertz CT molecular complexity index is 1530. The van der Waals surface area contributed by atoms with Crippen LogP contribution in [0.25, 0.3) is 0 Å². The summed E-state index contributed by atoms with van der Waals surface area (Å²) in [5.41, 5.74) is 5.63. The minimum Gasteiger partial charge on any atom is -0.462 e. The lowest BCUT2D eigenvalue weighted by atomic mass is 10.0. The molecule has 7 nitrogen and oxygen atoms in total. The van der Waals surface area contributed by atoms with Crippen molar-refractivity contribution in [2.75, 3.05) is 7.11 Å². The fourth-order valence-electron chi connectivity index (χ4n) is 3.76. The molecule has 220 valence electrons. The van der Waals surface area contributed by atoms with Gasteiger partial charge in [-0.1, -0.05) is 12.1 Å². The Morgan fingerprint density at radius 3 is 1.69 bits per heavy atom. The van der Waals surface area contributed by atoms with Crippen LogP contribution in [0.5, 0.6) is 0 Å². The standard InChI is InChI=1S/C16H13F3N2O3.C13H11F3N2/c1-24-16(23)15(22)21-13(12-4-2-3-7-20-12)8-9-10(17)5-6-11(18)14(9)19;14-9-4-5-10(15)13(16)8(9)7-11(17)12-3-1-2-6-18-12/h2-7,13H,8H2,1H3,(H,21,22);1-6,11H,7,17H2. The second-order valence-corrected chi connectivity index (χ2v) is 8.69. The quantitative estimate of drug-likeness (QED) is 0.139. The number of nitrogens with one attached hydrogen (secondary N) is 1. The highest BCUT2D eigenvalue weighted by Crippen LogP contribution is 2.23. The topological polar surface area (TPSA) is 107 Å². The Balaban J connectivity index is 0.000000240. The van der Waals surface area contributed by atoms with Crippen LogP contribution in [0.3, 0.4) is 0 Å². The lowest BCUT2D eigenvalue weighted by molar-refractivity contribution is -0.153. The van der Waals surface area contributed by atoms with Crippen molar-refractivity contribution in [3.63, 3.8) is 0 Å². The first-order valence-corrected chi connectivity index (χ1v) is 12.2. The molecule has 2 heterocycles. The number of carbonyl (C=O) groups is 2. The molecule has 0 spiro atoms. The van der Waals surface area contributed by atoms with Crippen molar-refractivity contribution in [1.82, 2.24) is 15.3 Å². The van der Waals surface area contributed by atoms with E-state index in [1.54, 1.807) is 30.3 Å². The number of nitrogens with two attached hydrogens (primary N) is 1. The molecule has 0 aliphatic carbocycles. The van der Waals surface area contributed by atoms with Gasteiger partial charge in [-0.3, -0.25) is 14.8 Å². The molecule has 4 aromatic rings. The van der Waals surface area contributed by atoms with E-state index in [0.717, 1.165) is 25.3 Å². The highest BCUT2D eigenvalue weighted by Gasteiger charge is 2.25. The second kappa shape index (κ2) is 14.7. The molecule has 0 aliphatic heterocycles. The van der Waals surface area contributed by atoms with E-state index in [0.29, 0.717) is 11.8 Å². The molecule has 0 aliphatic rings. The van der Waals surface area contributed by atoms with Gasteiger partial charge in [0.2, 0.25) is 0 Å². The van der Waals surface area contributed by atoms with E-state index in [1.807, 2.05) is 0 Å². The van der Waals surface area contributed by atoms with Crippen LogP contribution in [0.2, 0.25) is 0 Å². The number of esters is 1. The molecule has 0 fully saturated rings. The molecular formula is C29H24F6N4O3. The van der Waals surface area contributed by atoms with Crippen molar-refractivity contribution in [2.45, 2.75) is 24.9 Å². The summed E-state index contributed by atoms with van der Waals surface area (Å²) in [5.74, 6) is -8.90. The Labute approximate surface area is 236 Å². The smallest absolute Gasteiger partial charge is 0.396 e. The number of ether oxygens (including phenoxy) is 1. The first kappa shape index (κ1) is 31.7. The van der Waals surface area contributed by atoms with E-state index >= 15 is 0 Å². The maximum atomic E-state index is 13.9. The van der Waals surface area contributed by atoms with E-state index in [1.165, 1.54) is 18.5 Å². The molecule has 0 saturated carbocycles. The number of aromatic nitrogens is 2. The van der Waals surface area contributed by atoms with Crippen molar-refractivity contribution in [1.29, 1.82) is 0 Å². The zero-order chi connectivity index (χ0) is 30.8. The highest BCUT2D eigenvalue weighted by molar-refractivity contribution is 6.32. The van der Waals surface area contributed by atoms with Crippen LogP contribution in [0.15, 0.2) is 73.1 Å². The summed E-state index contributed by atoms with van der Waals surface area (Å²) in [6.07, 6.45) is 2.36. The van der Waals surface area contributed by atoms with Gasteiger partial charge in [-0.2, -0.15) is 0 Å². The molecular weight excluding hydrogens is 566 g/mol. The summed E-state index contributed by atoms with van der Waals surface area (Å²) in [6, 6.07) is 11.1. The van der Waals surface area contributed by atoms with E-state index in [-0.39, 0.29) is 17.7 Å². The van der Waals surface area contributed by atoms with E-state index < -0.39 is 70.8 Å². The van der Waals surface area contributed by atoms with Crippen LogP contribution in [0, 0.1) is 34.9 Å². The van der Waals surface area contributed by atoms with E-state index in [9.17, 15) is 35.9 Å². The van der Waals surface area contributed by atoms with Gasteiger partial charge < -0.3 is 15.8 Å². The Morgan fingerprint density at radius 2 is 1.21 bits per heavy atom. The summed E-state index contributed by atoms with van der Waals surface area (Å²) in [4.78, 5) is 30.9. The average molecular weight is 591 g/mol. The fourth-order valence-corrected chi connectivity index (χ4v) is 3.76. The van der Waals surface area contributed by atoms with Crippen LogP contribution >= 0.6 is 0 Å². The maximum Gasteiger partial charge on any atom is 0.396 e. The van der Waals surface area contributed by atoms with Gasteiger partial charge in [0.05, 0.1) is 30.6 Å². The molecule has 0 bridgehead atoms. The van der Waals surface area contributed by atoms with Crippen LogP contribution in [0.1, 0.15) is 34.6 Å². The predicted octanol–water partition coefficient (Wildman–Crippen LogP) is 4.81. The predicted molar refractivity (Wildman–Crippen MR) is 138 cm³/mol. The largest absolute Gasteiger partial charge is 0.462 e. The number of rotatable bonds is 7. The number of hydrogen-bond donors (Lipinski definition) is 2. The number of nitrogens with zero attached hydrogens (tertiary/aromatic N) is 2. The van der Waals surface area contributed by atoms with Crippen molar-refractivity contribution in [2.24, 2.45) is 5.73 Å². The van der Waals surface area contributed by atoms with Crippen molar-refractivity contribution in [3.05, 3.63) is 130 Å². The normalized spacial score (nSPS) is 12.0. The Hall–Kier alpha value is -4.78. The molecule has 42 heavy (non-hydrogen) atoms. The van der Waals surface area contributed by atoms with Gasteiger partial charge in [0.15, 0.2) is 23.3 Å². The summed E-state index contributed by atoms with van der Waals surface area (Å²) >= 11 is 0. The molecule has 1 amide bonds. The van der Waals surface area contributed by atoms with Crippen LogP contribution < -0.4 is 11.1 Å². The third-order valence-electron chi connectivity index (χ3n) is 5.90. The van der Waals surface area contributed by atoms with Gasteiger partial charge in [0.1, 0.15) is 11.6 Å². The zero-order valence-electron chi connectivity index (χ0n) is 22.0. The van der Waals surface area contributed by atoms with Crippen LogP contribution in [-0.2, 0) is 27.2 Å². The molecule has 0 saturated heterocycles. The number of pyridine rings is 2. The molecule has 2 aromatic heterocycles. The number of halogens is 6.